The van der Waals surface area contributed by atoms with Crippen LogP contribution in [0.5, 0.6) is 0 Å². The van der Waals surface area contributed by atoms with Gasteiger partial charge in [0.25, 0.3) is 5.91 Å². The second-order valence-electron chi connectivity index (χ2n) is 5.93. The lowest BCUT2D eigenvalue weighted by Crippen LogP contribution is -2.30. The second-order valence-corrected chi connectivity index (χ2v) is 5.93. The van der Waals surface area contributed by atoms with Crippen LogP contribution >= 0.6 is 0 Å². The van der Waals surface area contributed by atoms with Gasteiger partial charge in [-0.3, -0.25) is 19.6 Å². The molecular weight excluding hydrogens is 334 g/mol. The number of benzene rings is 2. The third-order valence-electron chi connectivity index (χ3n) is 4.18. The number of carbonyl (C=O) groups excluding carboxylic acids is 3. The first-order valence-corrected chi connectivity index (χ1v) is 8.02. The average Bonchev–Trinajstić information content (AvgIpc) is 3.23. The molecule has 4 amide bonds. The summed E-state index contributed by atoms with van der Waals surface area (Å²) in [6.07, 6.45) is 1.66. The van der Waals surface area contributed by atoms with E-state index in [1.165, 1.54) is 0 Å². The summed E-state index contributed by atoms with van der Waals surface area (Å²) in [5.74, 6) is -0.539. The van der Waals surface area contributed by atoms with Crippen molar-refractivity contribution in [3.05, 3.63) is 59.8 Å². The van der Waals surface area contributed by atoms with E-state index in [1.807, 2.05) is 6.07 Å². The van der Waals surface area contributed by atoms with Crippen molar-refractivity contribution < 1.29 is 14.4 Å². The average molecular weight is 349 g/mol. The van der Waals surface area contributed by atoms with E-state index in [-0.39, 0.29) is 24.9 Å². The van der Waals surface area contributed by atoms with E-state index in [0.717, 1.165) is 15.8 Å². The number of para-hydroxylation sites is 1. The molecule has 0 unspecified atom stereocenters. The van der Waals surface area contributed by atoms with Crippen LogP contribution in [0.1, 0.15) is 15.9 Å². The molecule has 1 saturated heterocycles. The van der Waals surface area contributed by atoms with Gasteiger partial charge in [0.05, 0.1) is 30.4 Å². The molecule has 0 bridgehead atoms. The van der Waals surface area contributed by atoms with Crippen molar-refractivity contribution in [2.24, 2.45) is 0 Å². The van der Waals surface area contributed by atoms with Gasteiger partial charge in [-0.2, -0.15) is 5.10 Å². The third kappa shape index (κ3) is 2.88. The summed E-state index contributed by atoms with van der Waals surface area (Å²) in [6, 6.07) is 12.0. The van der Waals surface area contributed by atoms with E-state index in [1.54, 1.807) is 42.6 Å². The first-order chi connectivity index (χ1) is 12.6. The topological polar surface area (TPSA) is 107 Å². The predicted molar refractivity (Wildman–Crippen MR) is 94.4 cm³/mol. The highest BCUT2D eigenvalue weighted by Gasteiger charge is 2.28. The van der Waals surface area contributed by atoms with Crippen LogP contribution in [0.3, 0.4) is 0 Å². The highest BCUT2D eigenvalue weighted by atomic mass is 16.2. The molecule has 26 heavy (non-hydrogen) atoms. The number of nitrogens with zero attached hydrogens (tertiary/aromatic N) is 2. The minimum Gasteiger partial charge on any atom is -0.329 e. The Bertz CT molecular complexity index is 1010. The van der Waals surface area contributed by atoms with Crippen molar-refractivity contribution in [2.45, 2.75) is 6.54 Å². The molecule has 8 nitrogen and oxygen atoms in total. The number of hydrogen-bond acceptors (Lipinski definition) is 4. The number of H-pyrrole nitrogens is 1. The standard InChI is InChI=1S/C18H15N5O3/c24-15-9-19-18(26)23(15)10-11-3-1-5-13(7-11)21-17(25)14-6-2-4-12-8-20-22-16(12)14/h1-8H,9-10H2,(H,19,26)(H,20,22)(H,21,25). The normalized spacial score (nSPS) is 13.9. The quantitative estimate of drug-likeness (QED) is 0.625. The minimum absolute atomic E-state index is 0.0173. The first-order valence-electron chi connectivity index (χ1n) is 8.02. The van der Waals surface area contributed by atoms with E-state index >= 15 is 0 Å². The highest BCUT2D eigenvalue weighted by molar-refractivity contribution is 6.11. The number of anilines is 1. The van der Waals surface area contributed by atoms with Gasteiger partial charge in [-0.1, -0.05) is 24.3 Å². The van der Waals surface area contributed by atoms with E-state index < -0.39 is 6.03 Å². The number of rotatable bonds is 4. The van der Waals surface area contributed by atoms with Gasteiger partial charge in [0.2, 0.25) is 5.91 Å². The Hall–Kier alpha value is -3.68. The zero-order valence-electron chi connectivity index (χ0n) is 13.7. The number of aromatic nitrogens is 2. The predicted octanol–water partition coefficient (Wildman–Crippen LogP) is 1.87. The molecule has 3 aromatic rings. The van der Waals surface area contributed by atoms with Crippen molar-refractivity contribution in [1.82, 2.24) is 20.4 Å². The second kappa shape index (κ2) is 6.32. The maximum atomic E-state index is 12.6. The monoisotopic (exact) mass is 349 g/mol. The molecule has 0 radical (unpaired) electrons. The molecule has 130 valence electrons. The van der Waals surface area contributed by atoms with Crippen molar-refractivity contribution in [3.63, 3.8) is 0 Å². The Labute approximate surface area is 148 Å². The lowest BCUT2D eigenvalue weighted by atomic mass is 10.1. The molecule has 0 aliphatic carbocycles. The zero-order chi connectivity index (χ0) is 18.1. The van der Waals surface area contributed by atoms with Crippen LogP contribution in [0.2, 0.25) is 0 Å². The lowest BCUT2D eigenvalue weighted by Gasteiger charge is -2.13. The molecule has 1 aliphatic heterocycles. The molecular formula is C18H15N5O3. The van der Waals surface area contributed by atoms with Gasteiger partial charge in [0.15, 0.2) is 0 Å². The summed E-state index contributed by atoms with van der Waals surface area (Å²) in [6.45, 7) is 0.175. The van der Waals surface area contributed by atoms with Crippen LogP contribution in [0.4, 0.5) is 10.5 Å². The summed E-state index contributed by atoms with van der Waals surface area (Å²) in [5, 5.41) is 13.0. The Morgan fingerprint density at radius 2 is 2.04 bits per heavy atom. The van der Waals surface area contributed by atoms with Crippen LogP contribution in [-0.2, 0) is 11.3 Å². The molecule has 3 N–H and O–H groups in total. The Morgan fingerprint density at radius 3 is 2.85 bits per heavy atom. The molecule has 4 rings (SSSR count). The third-order valence-corrected chi connectivity index (χ3v) is 4.18. The van der Waals surface area contributed by atoms with Crippen molar-refractivity contribution in [3.8, 4) is 0 Å². The van der Waals surface area contributed by atoms with Gasteiger partial charge in [0, 0.05) is 11.1 Å². The Balaban J connectivity index is 1.53. The number of carbonyl (C=O) groups is 3. The van der Waals surface area contributed by atoms with Crippen molar-refractivity contribution in [1.29, 1.82) is 0 Å². The van der Waals surface area contributed by atoms with E-state index in [9.17, 15) is 14.4 Å². The molecule has 2 heterocycles. The fourth-order valence-corrected chi connectivity index (χ4v) is 2.90. The molecule has 1 aliphatic rings. The van der Waals surface area contributed by atoms with Gasteiger partial charge in [-0.25, -0.2) is 4.79 Å². The van der Waals surface area contributed by atoms with Crippen molar-refractivity contribution in [2.75, 3.05) is 11.9 Å². The van der Waals surface area contributed by atoms with Crippen LogP contribution in [0, 0.1) is 0 Å². The maximum absolute atomic E-state index is 12.6. The fraction of sp³-hybridized carbons (Fsp3) is 0.111. The van der Waals surface area contributed by atoms with Gasteiger partial charge >= 0.3 is 6.03 Å². The van der Waals surface area contributed by atoms with Crippen LogP contribution < -0.4 is 10.6 Å². The minimum atomic E-state index is -0.407. The molecule has 8 heteroatoms. The number of nitrogens with one attached hydrogen (secondary N) is 3. The smallest absolute Gasteiger partial charge is 0.324 e. The summed E-state index contributed by atoms with van der Waals surface area (Å²) in [4.78, 5) is 37.1. The Kier molecular flexibility index (Phi) is 3.85. The van der Waals surface area contributed by atoms with Gasteiger partial charge in [-0.05, 0) is 23.8 Å². The lowest BCUT2D eigenvalue weighted by molar-refractivity contribution is -0.125. The van der Waals surface area contributed by atoms with Crippen molar-refractivity contribution >= 4 is 34.4 Å². The number of aromatic amines is 1. The molecule has 1 fully saturated rings. The SMILES string of the molecule is O=C(Nc1cccc(CN2C(=O)CNC2=O)c1)c1cccc2cn[nH]c12. The molecule has 0 spiro atoms. The van der Waals surface area contributed by atoms with E-state index in [2.05, 4.69) is 20.8 Å². The summed E-state index contributed by atoms with van der Waals surface area (Å²) in [7, 11) is 0. The Morgan fingerprint density at radius 1 is 1.19 bits per heavy atom. The first kappa shape index (κ1) is 15.8. The summed E-state index contributed by atoms with van der Waals surface area (Å²) < 4.78 is 0. The fourth-order valence-electron chi connectivity index (χ4n) is 2.90. The van der Waals surface area contributed by atoms with Crippen LogP contribution in [-0.4, -0.2) is 39.5 Å². The number of hydrogen-bond donors (Lipinski definition) is 3. The van der Waals surface area contributed by atoms with Crippen LogP contribution in [0.25, 0.3) is 10.9 Å². The van der Waals surface area contributed by atoms with E-state index in [4.69, 9.17) is 0 Å². The largest absolute Gasteiger partial charge is 0.329 e. The van der Waals surface area contributed by atoms with Gasteiger partial charge in [-0.15, -0.1) is 0 Å². The number of imide groups is 1. The number of fused-ring (bicyclic) bond motifs is 1. The molecule has 0 saturated carbocycles. The molecule has 1 aromatic heterocycles. The summed E-state index contributed by atoms with van der Waals surface area (Å²) >= 11 is 0. The van der Waals surface area contributed by atoms with Gasteiger partial charge in [0.1, 0.15) is 0 Å². The van der Waals surface area contributed by atoms with E-state index in [0.29, 0.717) is 16.8 Å². The summed E-state index contributed by atoms with van der Waals surface area (Å²) in [5.41, 5.74) is 2.48. The zero-order valence-corrected chi connectivity index (χ0v) is 13.7. The molecule has 2 aromatic carbocycles. The number of urea groups is 1. The molecule has 0 atom stereocenters. The number of amides is 4. The van der Waals surface area contributed by atoms with Gasteiger partial charge < -0.3 is 10.6 Å². The highest BCUT2D eigenvalue weighted by Crippen LogP contribution is 2.19. The maximum Gasteiger partial charge on any atom is 0.324 e. The van der Waals surface area contributed by atoms with Crippen LogP contribution in [0.15, 0.2) is 48.7 Å².